The first kappa shape index (κ1) is 46.7. The second kappa shape index (κ2) is 20.9. The van der Waals surface area contributed by atoms with Crippen molar-refractivity contribution < 1.29 is 27.6 Å². The van der Waals surface area contributed by atoms with Crippen LogP contribution in [-0.2, 0) is 14.8 Å². The van der Waals surface area contributed by atoms with E-state index in [1.807, 2.05) is 42.5 Å². The zero-order chi connectivity index (χ0) is 47.3. The Morgan fingerprint density at radius 1 is 0.942 bits per heavy atom. The Morgan fingerprint density at radius 2 is 1.75 bits per heavy atom. The van der Waals surface area contributed by atoms with E-state index in [4.69, 9.17) is 9.47 Å². The summed E-state index contributed by atoms with van der Waals surface area (Å²) in [6.45, 7) is 4.78. The van der Waals surface area contributed by atoms with E-state index in [0.29, 0.717) is 54.8 Å². The molecule has 0 radical (unpaired) electrons. The van der Waals surface area contributed by atoms with Crippen LogP contribution in [0, 0.1) is 10.1 Å². The average molecular weight is 968 g/mol. The Labute approximate surface area is 407 Å². The molecular weight excluding hydrogens is 911 g/mol. The molecule has 4 heterocycles. The van der Waals surface area contributed by atoms with Crippen molar-refractivity contribution in [2.45, 2.75) is 85.2 Å². The average Bonchev–Trinajstić information content (AvgIpc) is 3.91. The van der Waals surface area contributed by atoms with Gasteiger partial charge in [0.1, 0.15) is 22.8 Å². The number of carbonyl (C=O) groups excluding carboxylic acids is 1. The molecule has 6 aromatic rings. The topological polar surface area (TPSA) is 172 Å². The number of nitro benzene ring substituents is 1. The number of anilines is 1. The second-order valence-electron chi connectivity index (χ2n) is 18.4. The zero-order valence-electron chi connectivity index (χ0n) is 38.4. The maximum absolute atomic E-state index is 14.2. The number of thioether (sulfide) groups is 1. The number of nitro groups is 1. The largest absolute Gasteiger partial charge is 0.455 e. The summed E-state index contributed by atoms with van der Waals surface area (Å²) in [7, 11) is -4.61. The molecule has 0 bridgehead atoms. The highest BCUT2D eigenvalue weighted by Gasteiger charge is 2.36. The van der Waals surface area contributed by atoms with Gasteiger partial charge in [-0.05, 0) is 135 Å². The predicted molar refractivity (Wildman–Crippen MR) is 270 cm³/mol. The van der Waals surface area contributed by atoms with Gasteiger partial charge in [0, 0.05) is 66.1 Å². The lowest BCUT2D eigenvalue weighted by molar-refractivity contribution is -0.384. The molecule has 3 unspecified atom stereocenters. The summed E-state index contributed by atoms with van der Waals surface area (Å²) in [5.41, 5.74) is 5.45. The summed E-state index contributed by atoms with van der Waals surface area (Å²) in [5, 5.41) is 16.7. The minimum absolute atomic E-state index is 0.0215. The molecule has 2 saturated heterocycles. The molecule has 1 amide bonds. The molecule has 16 heteroatoms. The number of sulfonamides is 1. The molecule has 69 heavy (non-hydrogen) atoms. The minimum atomic E-state index is -4.61. The smallest absolute Gasteiger partial charge is 0.293 e. The number of hydrogen-bond acceptors (Lipinski definition) is 12. The molecule has 2 aliphatic carbocycles. The van der Waals surface area contributed by atoms with Gasteiger partial charge in [-0.1, -0.05) is 54.6 Å². The highest BCUT2D eigenvalue weighted by atomic mass is 32.2. The number of fused-ring (bicyclic) bond motifs is 1. The number of pyridine rings is 1. The summed E-state index contributed by atoms with van der Waals surface area (Å²) < 4.78 is 42.1. The molecule has 3 fully saturated rings. The van der Waals surface area contributed by atoms with Gasteiger partial charge in [-0.25, -0.2) is 18.1 Å². The number of amides is 1. The first-order valence-corrected chi connectivity index (χ1v) is 26.5. The summed E-state index contributed by atoms with van der Waals surface area (Å²) in [5.74, 6) is 0.890. The van der Waals surface area contributed by atoms with Gasteiger partial charge in [0.05, 0.1) is 34.8 Å². The quantitative estimate of drug-likeness (QED) is 0.0424. The minimum Gasteiger partial charge on any atom is -0.455 e. The number of benzene rings is 4. The van der Waals surface area contributed by atoms with E-state index in [1.165, 1.54) is 48.9 Å². The molecule has 3 atom stereocenters. The Morgan fingerprint density at radius 3 is 2.54 bits per heavy atom. The van der Waals surface area contributed by atoms with Crippen molar-refractivity contribution in [1.82, 2.24) is 24.5 Å². The number of allylic oxidation sites excluding steroid dienone is 1. The van der Waals surface area contributed by atoms with Gasteiger partial charge in [0.15, 0.2) is 0 Å². The number of hydrogen-bond donors (Lipinski definition) is 3. The van der Waals surface area contributed by atoms with Crippen molar-refractivity contribution in [2.24, 2.45) is 0 Å². The molecule has 4 aliphatic rings. The third-order valence-electron chi connectivity index (χ3n) is 13.9. The first-order chi connectivity index (χ1) is 33.6. The standard InChI is InChI=1S/C53H57N7O7S2/c61-53(57-69(64,65)44-19-21-48(50(33-44)60(62)63)56-40(23-26-58-27-29-66-30-28-58)35-68-43-7-2-1-3-8-43)47-20-16-38(32-51(47)67-42-31-39-22-24-54-52(39)55-34-42)36-14-17-41(18-15-36)59-25-6-11-49(59)46-10-5-4-9-45(46)37-12-13-37/h1-5,7-10,14,16,19-22,24,31-34,37,40-41,49,56H,6,11-13,15,17-18,23,25-30,35H2,(H,54,55)(H,57,61). The van der Waals surface area contributed by atoms with E-state index in [-0.39, 0.29) is 23.0 Å². The molecule has 10 rings (SSSR count). The summed E-state index contributed by atoms with van der Waals surface area (Å²) >= 11 is 1.64. The summed E-state index contributed by atoms with van der Waals surface area (Å²) in [6, 6.07) is 32.1. The molecule has 1 saturated carbocycles. The number of nitrogens with zero attached hydrogens (tertiary/aromatic N) is 4. The van der Waals surface area contributed by atoms with Crippen molar-refractivity contribution in [3.05, 3.63) is 154 Å². The van der Waals surface area contributed by atoms with E-state index in [1.54, 1.807) is 42.4 Å². The molecule has 14 nitrogen and oxygen atoms in total. The van der Waals surface area contributed by atoms with Crippen LogP contribution in [0.5, 0.6) is 11.5 Å². The number of likely N-dealkylation sites (tertiary alicyclic amines) is 1. The highest BCUT2D eigenvalue weighted by molar-refractivity contribution is 7.99. The Balaban J connectivity index is 0.876. The zero-order valence-corrected chi connectivity index (χ0v) is 40.1. The van der Waals surface area contributed by atoms with Gasteiger partial charge >= 0.3 is 0 Å². The predicted octanol–water partition coefficient (Wildman–Crippen LogP) is 10.3. The van der Waals surface area contributed by atoms with Crippen molar-refractivity contribution in [3.63, 3.8) is 0 Å². The molecule has 0 spiro atoms. The lowest BCUT2D eigenvalue weighted by atomic mass is 9.88. The summed E-state index contributed by atoms with van der Waals surface area (Å²) in [4.78, 5) is 39.3. The molecule has 2 aromatic heterocycles. The van der Waals surface area contributed by atoms with Crippen LogP contribution in [0.3, 0.4) is 0 Å². The maximum Gasteiger partial charge on any atom is 0.293 e. The van der Waals surface area contributed by atoms with Crippen LogP contribution in [-0.4, -0.2) is 96.2 Å². The Hall–Kier alpha value is -6.04. The van der Waals surface area contributed by atoms with Crippen LogP contribution < -0.4 is 14.8 Å². The van der Waals surface area contributed by atoms with Crippen LogP contribution in [0.2, 0.25) is 0 Å². The van der Waals surface area contributed by atoms with Crippen LogP contribution in [0.4, 0.5) is 11.4 Å². The fourth-order valence-corrected chi connectivity index (χ4v) is 12.1. The maximum atomic E-state index is 14.2. The fourth-order valence-electron chi connectivity index (χ4n) is 10.1. The van der Waals surface area contributed by atoms with Gasteiger partial charge in [-0.2, -0.15) is 0 Å². The van der Waals surface area contributed by atoms with Crippen LogP contribution in [0.1, 0.15) is 90.4 Å². The third-order valence-corrected chi connectivity index (χ3v) is 16.4. The number of aromatic nitrogens is 2. The fraction of sp³-hybridized carbons (Fsp3) is 0.358. The highest BCUT2D eigenvalue weighted by Crippen LogP contribution is 2.47. The lowest BCUT2D eigenvalue weighted by Gasteiger charge is -2.36. The third kappa shape index (κ3) is 11.1. The summed E-state index contributed by atoms with van der Waals surface area (Å²) in [6.07, 6.45) is 13.9. The van der Waals surface area contributed by atoms with Gasteiger partial charge in [0.25, 0.3) is 21.6 Å². The SMILES string of the molecule is O=C(NS(=O)(=O)c1ccc(NC(CCN2CCOCC2)CSc2ccccc2)c([N+](=O)[O-])c1)c1ccc(C2=CCC(N3CCCC3c3ccccc3C3CC3)CC2)cc1Oc1cnc2[nH]ccc2c1. The molecular formula is C53H57N7O7S2. The number of aromatic amines is 1. The second-order valence-corrected chi connectivity index (χ2v) is 21.2. The van der Waals surface area contributed by atoms with Gasteiger partial charge in [-0.3, -0.25) is 24.7 Å². The van der Waals surface area contributed by atoms with Crippen molar-refractivity contribution >= 4 is 55.7 Å². The number of morpholine rings is 1. The first-order valence-electron chi connectivity index (χ1n) is 24.0. The Kier molecular flexibility index (Phi) is 14.1. The van der Waals surface area contributed by atoms with E-state index < -0.39 is 31.4 Å². The number of nitrogens with one attached hydrogen (secondary N) is 3. The van der Waals surface area contributed by atoms with Crippen molar-refractivity contribution in [3.8, 4) is 11.5 Å². The number of ether oxygens (including phenoxy) is 2. The molecule has 358 valence electrons. The van der Waals surface area contributed by atoms with E-state index >= 15 is 0 Å². The van der Waals surface area contributed by atoms with Crippen molar-refractivity contribution in [1.29, 1.82) is 0 Å². The Bertz CT molecular complexity index is 2950. The van der Waals surface area contributed by atoms with E-state index in [2.05, 4.69) is 60.1 Å². The monoisotopic (exact) mass is 967 g/mol. The van der Waals surface area contributed by atoms with E-state index in [9.17, 15) is 23.3 Å². The lowest BCUT2D eigenvalue weighted by Crippen LogP contribution is -2.39. The van der Waals surface area contributed by atoms with Gasteiger partial charge in [0.2, 0.25) is 0 Å². The van der Waals surface area contributed by atoms with Crippen LogP contribution in [0.15, 0.2) is 131 Å². The molecule has 4 aromatic carbocycles. The normalized spacial score (nSPS) is 19.5. The molecule has 2 aliphatic heterocycles. The van der Waals surface area contributed by atoms with Gasteiger partial charge < -0.3 is 19.8 Å². The van der Waals surface area contributed by atoms with E-state index in [0.717, 1.165) is 72.9 Å². The van der Waals surface area contributed by atoms with Crippen LogP contribution >= 0.6 is 11.8 Å². The van der Waals surface area contributed by atoms with Gasteiger partial charge in [-0.15, -0.1) is 11.8 Å². The number of rotatable bonds is 18. The van der Waals surface area contributed by atoms with Crippen LogP contribution in [0.25, 0.3) is 16.6 Å². The number of H-pyrrole nitrogens is 1. The number of carbonyl (C=O) groups is 1. The van der Waals surface area contributed by atoms with Crippen molar-refractivity contribution in [2.75, 3.05) is 50.5 Å². The molecule has 3 N–H and O–H groups in total.